The molecule has 0 radical (unpaired) electrons. The third-order valence-corrected chi connectivity index (χ3v) is 1.68. The lowest BCUT2D eigenvalue weighted by molar-refractivity contribution is 0.292. The zero-order chi connectivity index (χ0) is 8.97. The normalized spacial score (nSPS) is 9.83. The molecule has 0 fully saturated rings. The Bertz CT molecular complexity index is 251. The Morgan fingerprint density at radius 3 is 2.25 bits per heavy atom. The molecule has 0 atom stereocenters. The summed E-state index contributed by atoms with van der Waals surface area (Å²) in [5.41, 5.74) is 7.26. The van der Waals surface area contributed by atoms with Gasteiger partial charge in [-0.3, -0.25) is 0 Å². The molecule has 1 rings (SSSR count). The Hall–Kier alpha value is -0.995. The first kappa shape index (κ1) is 9.10. The summed E-state index contributed by atoms with van der Waals surface area (Å²) < 4.78 is 10.1. The molecular weight excluding hydrogens is 153 g/mol. The van der Waals surface area contributed by atoms with Crippen molar-refractivity contribution in [1.82, 2.24) is 0 Å². The predicted octanol–water partition coefficient (Wildman–Crippen LogP) is 0.257. The van der Waals surface area contributed by atoms with E-state index in [1.165, 1.54) is 0 Å². The van der Waals surface area contributed by atoms with E-state index in [9.17, 15) is 0 Å². The number of hydrogen-bond acceptors (Lipinski definition) is 3. The summed E-state index contributed by atoms with van der Waals surface area (Å²) in [6, 6.07) is 7.48. The second kappa shape index (κ2) is 4.14. The van der Waals surface area contributed by atoms with Gasteiger partial charge in [-0.25, -0.2) is 0 Å². The molecule has 4 heteroatoms. The minimum absolute atomic E-state index is 0.369. The van der Waals surface area contributed by atoms with Crippen molar-refractivity contribution in [3.63, 3.8) is 0 Å². The van der Waals surface area contributed by atoms with Crippen molar-refractivity contribution in [2.45, 2.75) is 0 Å². The average molecular weight is 165 g/mol. The monoisotopic (exact) mass is 165 g/mol. The topological polar surface area (TPSA) is 44.5 Å². The number of benzene rings is 1. The van der Waals surface area contributed by atoms with Gasteiger partial charge < -0.3 is 15.0 Å². The molecule has 1 aromatic rings. The predicted molar refractivity (Wildman–Crippen MR) is 50.3 cm³/mol. The van der Waals surface area contributed by atoms with Crippen LogP contribution in [-0.4, -0.2) is 21.3 Å². The lowest BCUT2D eigenvalue weighted by Crippen LogP contribution is -2.36. The number of hydrogen-bond donors (Lipinski definition) is 1. The first-order chi connectivity index (χ1) is 5.79. The van der Waals surface area contributed by atoms with E-state index >= 15 is 0 Å². The summed E-state index contributed by atoms with van der Waals surface area (Å²) in [7, 11) is 2.80. The smallest absolute Gasteiger partial charge is 0.410 e. The lowest BCUT2D eigenvalue weighted by atomic mass is 9.78. The molecule has 0 saturated heterocycles. The van der Waals surface area contributed by atoms with E-state index in [1.807, 2.05) is 24.3 Å². The number of anilines is 1. The van der Waals surface area contributed by atoms with Crippen LogP contribution in [-0.2, 0) is 9.31 Å². The van der Waals surface area contributed by atoms with Gasteiger partial charge >= 0.3 is 7.12 Å². The minimum atomic E-state index is -0.369. The van der Waals surface area contributed by atoms with Crippen LogP contribution in [0.5, 0.6) is 0 Å². The molecule has 0 aromatic heterocycles. The molecule has 0 saturated carbocycles. The zero-order valence-corrected chi connectivity index (χ0v) is 7.28. The molecule has 3 nitrogen and oxygen atoms in total. The van der Waals surface area contributed by atoms with Crippen LogP contribution in [0.15, 0.2) is 24.3 Å². The van der Waals surface area contributed by atoms with Gasteiger partial charge in [-0.05, 0) is 6.07 Å². The van der Waals surface area contributed by atoms with E-state index in [1.54, 1.807) is 14.2 Å². The Morgan fingerprint density at radius 2 is 1.75 bits per heavy atom. The van der Waals surface area contributed by atoms with Crippen LogP contribution in [0.25, 0.3) is 0 Å². The van der Waals surface area contributed by atoms with Crippen LogP contribution >= 0.6 is 0 Å². The average Bonchev–Trinajstić information content (AvgIpc) is 2.10. The van der Waals surface area contributed by atoms with Gasteiger partial charge in [0, 0.05) is 25.4 Å². The quantitative estimate of drug-likeness (QED) is 0.515. The third kappa shape index (κ3) is 1.78. The Morgan fingerprint density at radius 1 is 1.17 bits per heavy atom. The van der Waals surface area contributed by atoms with Crippen molar-refractivity contribution in [2.24, 2.45) is 0 Å². The fraction of sp³-hybridized carbons (Fsp3) is 0.250. The van der Waals surface area contributed by atoms with Crippen LogP contribution in [0.2, 0.25) is 0 Å². The summed E-state index contributed by atoms with van der Waals surface area (Å²) in [6.45, 7) is 0. The van der Waals surface area contributed by atoms with E-state index in [4.69, 9.17) is 15.0 Å². The number of para-hydroxylation sites is 1. The summed E-state index contributed by atoms with van der Waals surface area (Å²) in [6.07, 6.45) is 0. The van der Waals surface area contributed by atoms with Gasteiger partial charge in [0.2, 0.25) is 0 Å². The van der Waals surface area contributed by atoms with Gasteiger partial charge in [-0.15, -0.1) is 0 Å². The second-order valence-electron chi connectivity index (χ2n) is 2.43. The van der Waals surface area contributed by atoms with E-state index in [2.05, 4.69) is 0 Å². The van der Waals surface area contributed by atoms with Crippen LogP contribution in [0.4, 0.5) is 5.69 Å². The highest BCUT2D eigenvalue weighted by Crippen LogP contribution is 1.99. The number of nitrogen functional groups attached to an aromatic ring is 1. The summed E-state index contributed by atoms with van der Waals surface area (Å²) >= 11 is 0. The van der Waals surface area contributed by atoms with Gasteiger partial charge in [-0.2, -0.15) is 0 Å². The first-order valence-corrected chi connectivity index (χ1v) is 3.69. The van der Waals surface area contributed by atoms with Crippen LogP contribution in [0.1, 0.15) is 0 Å². The highest BCUT2D eigenvalue weighted by Gasteiger charge is 2.19. The summed E-state index contributed by atoms with van der Waals surface area (Å²) in [5.74, 6) is 0. The first-order valence-electron chi connectivity index (χ1n) is 3.69. The van der Waals surface area contributed by atoms with Crippen molar-refractivity contribution in [3.05, 3.63) is 24.3 Å². The van der Waals surface area contributed by atoms with E-state index in [0.717, 1.165) is 5.46 Å². The molecule has 0 aliphatic rings. The van der Waals surface area contributed by atoms with Gasteiger partial charge in [-0.1, -0.05) is 18.2 Å². The third-order valence-electron chi connectivity index (χ3n) is 1.68. The minimum Gasteiger partial charge on any atom is -0.410 e. The van der Waals surface area contributed by atoms with Crippen molar-refractivity contribution in [1.29, 1.82) is 0 Å². The molecule has 0 aliphatic carbocycles. The molecule has 1 aromatic carbocycles. The van der Waals surface area contributed by atoms with E-state index in [0.29, 0.717) is 5.69 Å². The number of nitrogens with two attached hydrogens (primary N) is 1. The van der Waals surface area contributed by atoms with Crippen LogP contribution in [0, 0.1) is 0 Å². The Labute approximate surface area is 72.6 Å². The van der Waals surface area contributed by atoms with Crippen molar-refractivity contribution < 1.29 is 9.31 Å². The highest BCUT2D eigenvalue weighted by atomic mass is 16.6. The molecule has 0 spiro atoms. The van der Waals surface area contributed by atoms with Gasteiger partial charge in [0.1, 0.15) is 0 Å². The Balaban J connectivity index is 2.92. The summed E-state index contributed by atoms with van der Waals surface area (Å²) in [5, 5.41) is 0. The van der Waals surface area contributed by atoms with E-state index in [-0.39, 0.29) is 7.12 Å². The molecule has 0 amide bonds. The molecular formula is C8H12BNO2. The molecule has 0 bridgehead atoms. The standard InChI is InChI=1S/C8H12BNO2/c1-11-9(12-2)7-5-3-4-6-8(7)10/h3-6H,10H2,1-2H3. The van der Waals surface area contributed by atoms with Crippen molar-refractivity contribution in [2.75, 3.05) is 20.0 Å². The van der Waals surface area contributed by atoms with Crippen LogP contribution < -0.4 is 11.2 Å². The maximum atomic E-state index is 5.71. The zero-order valence-electron chi connectivity index (χ0n) is 7.28. The largest absolute Gasteiger partial charge is 0.495 e. The Kier molecular flexibility index (Phi) is 3.14. The SMILES string of the molecule is COB(OC)c1ccccc1N. The molecule has 2 N–H and O–H groups in total. The molecule has 64 valence electrons. The second-order valence-corrected chi connectivity index (χ2v) is 2.43. The van der Waals surface area contributed by atoms with Crippen molar-refractivity contribution in [3.8, 4) is 0 Å². The fourth-order valence-electron chi connectivity index (χ4n) is 1.08. The highest BCUT2D eigenvalue weighted by molar-refractivity contribution is 6.62. The maximum Gasteiger partial charge on any atom is 0.495 e. The molecule has 0 heterocycles. The summed E-state index contributed by atoms with van der Waals surface area (Å²) in [4.78, 5) is 0. The number of rotatable bonds is 3. The molecule has 12 heavy (non-hydrogen) atoms. The van der Waals surface area contributed by atoms with Gasteiger partial charge in [0.15, 0.2) is 0 Å². The van der Waals surface area contributed by atoms with Crippen LogP contribution in [0.3, 0.4) is 0 Å². The molecule has 0 aliphatic heterocycles. The van der Waals surface area contributed by atoms with Crippen molar-refractivity contribution >= 4 is 18.3 Å². The van der Waals surface area contributed by atoms with Gasteiger partial charge in [0.05, 0.1) is 0 Å². The maximum absolute atomic E-state index is 5.71. The van der Waals surface area contributed by atoms with Gasteiger partial charge in [0.25, 0.3) is 0 Å². The lowest BCUT2D eigenvalue weighted by Gasteiger charge is -2.10. The fourth-order valence-corrected chi connectivity index (χ4v) is 1.08. The van der Waals surface area contributed by atoms with E-state index < -0.39 is 0 Å². The molecule has 0 unspecified atom stereocenters.